The largest absolute Gasteiger partial charge is 0.472 e. The molecule has 0 aliphatic heterocycles. The minimum Gasteiger partial charge on any atom is -0.462 e. The molecule has 0 aliphatic rings. The Morgan fingerprint density at radius 3 is 0.966 bits per heavy atom. The van der Waals surface area contributed by atoms with Gasteiger partial charge in [-0.3, -0.25) is 18.6 Å². The number of phosphoric acid groups is 1. The summed E-state index contributed by atoms with van der Waals surface area (Å²) in [5.74, 6) is -0.783. The maximum absolute atomic E-state index is 12.9. The molecule has 0 amide bonds. The van der Waals surface area contributed by atoms with E-state index in [-0.39, 0.29) is 25.6 Å². The van der Waals surface area contributed by atoms with E-state index >= 15 is 0 Å². The summed E-state index contributed by atoms with van der Waals surface area (Å²) >= 11 is 0. The van der Waals surface area contributed by atoms with E-state index in [0.717, 1.165) is 70.6 Å². The van der Waals surface area contributed by atoms with E-state index in [9.17, 15) is 19.0 Å². The van der Waals surface area contributed by atoms with Gasteiger partial charge in [0.25, 0.3) is 0 Å². The van der Waals surface area contributed by atoms with Crippen LogP contribution in [0.2, 0.25) is 0 Å². The monoisotopic (exact) mass is 1250 g/mol. The molecular formula is C78H143NO8P+. The topological polar surface area (TPSA) is 108 Å². The van der Waals surface area contributed by atoms with E-state index in [0.29, 0.717) is 23.9 Å². The van der Waals surface area contributed by atoms with Gasteiger partial charge in [0.15, 0.2) is 6.10 Å². The van der Waals surface area contributed by atoms with Gasteiger partial charge in [0.05, 0.1) is 27.7 Å². The summed E-state index contributed by atoms with van der Waals surface area (Å²) in [5.41, 5.74) is 0. The van der Waals surface area contributed by atoms with Crippen LogP contribution in [0.4, 0.5) is 0 Å². The van der Waals surface area contributed by atoms with Crippen molar-refractivity contribution < 1.29 is 42.1 Å². The van der Waals surface area contributed by atoms with Gasteiger partial charge >= 0.3 is 19.8 Å². The fourth-order valence-corrected chi connectivity index (χ4v) is 11.5. The van der Waals surface area contributed by atoms with Gasteiger partial charge in [-0.25, -0.2) is 4.57 Å². The maximum atomic E-state index is 12.9. The third kappa shape index (κ3) is 72.3. The lowest BCUT2D eigenvalue weighted by molar-refractivity contribution is -0.870. The van der Waals surface area contributed by atoms with Crippen molar-refractivity contribution in [2.24, 2.45) is 0 Å². The van der Waals surface area contributed by atoms with Gasteiger partial charge in [0, 0.05) is 12.8 Å². The van der Waals surface area contributed by atoms with Gasteiger partial charge in [0.2, 0.25) is 0 Å². The van der Waals surface area contributed by atoms with E-state index in [1.807, 2.05) is 21.1 Å². The van der Waals surface area contributed by atoms with Crippen molar-refractivity contribution in [3.05, 3.63) is 85.1 Å². The molecule has 0 heterocycles. The molecule has 88 heavy (non-hydrogen) atoms. The highest BCUT2D eigenvalue weighted by Crippen LogP contribution is 2.43. The number of unbranched alkanes of at least 4 members (excludes halogenated alkanes) is 41. The first kappa shape index (κ1) is 85.2. The Bertz CT molecular complexity index is 1760. The molecule has 9 nitrogen and oxygen atoms in total. The molecule has 0 spiro atoms. The van der Waals surface area contributed by atoms with E-state index in [1.54, 1.807) is 0 Å². The first-order valence-corrected chi connectivity index (χ1v) is 38.8. The fourth-order valence-electron chi connectivity index (χ4n) is 10.7. The number of rotatable bonds is 69. The van der Waals surface area contributed by atoms with Crippen LogP contribution in [0, 0.1) is 0 Å². The van der Waals surface area contributed by atoms with Gasteiger partial charge < -0.3 is 18.9 Å². The number of nitrogens with zero attached hydrogens (tertiary/aromatic N) is 1. The van der Waals surface area contributed by atoms with Crippen LogP contribution in [0.25, 0.3) is 0 Å². The Labute approximate surface area is 545 Å². The Morgan fingerprint density at radius 2 is 0.648 bits per heavy atom. The number of carbonyl (C=O) groups is 2. The summed E-state index contributed by atoms with van der Waals surface area (Å²) in [6.45, 7) is 4.36. The lowest BCUT2D eigenvalue weighted by Crippen LogP contribution is -2.37. The summed E-state index contributed by atoms with van der Waals surface area (Å²) in [4.78, 5) is 35.9. The SMILES string of the molecule is CC/C=C\C/C=C\C/C=C\C/C=C\C/C=C\CCCCCCCCCCCCCCCCCC(=O)OC(COC(=O)CCCCCCCCCCCCCCCCCCCCCCC/C=C\C/C=C\CCCCCCC)COP(=O)(O)OCC[N+](C)(C)C. The van der Waals surface area contributed by atoms with Gasteiger partial charge in [-0.05, 0) is 89.9 Å². The molecule has 0 radical (unpaired) electrons. The quantitative estimate of drug-likeness (QED) is 0.0211. The van der Waals surface area contributed by atoms with E-state index < -0.39 is 26.5 Å². The highest BCUT2D eigenvalue weighted by molar-refractivity contribution is 7.47. The van der Waals surface area contributed by atoms with Crippen LogP contribution in [-0.4, -0.2) is 74.9 Å². The predicted molar refractivity (Wildman–Crippen MR) is 381 cm³/mol. The number of phosphoric ester groups is 1. The highest BCUT2D eigenvalue weighted by atomic mass is 31.2. The number of hydrogen-bond acceptors (Lipinski definition) is 7. The number of hydrogen-bond donors (Lipinski definition) is 1. The summed E-state index contributed by atoms with van der Waals surface area (Å²) in [6.07, 6.45) is 94.2. The van der Waals surface area contributed by atoms with Crippen molar-refractivity contribution in [1.29, 1.82) is 0 Å². The molecule has 10 heteroatoms. The van der Waals surface area contributed by atoms with Crippen LogP contribution >= 0.6 is 7.82 Å². The van der Waals surface area contributed by atoms with Gasteiger partial charge in [-0.15, -0.1) is 0 Å². The van der Waals surface area contributed by atoms with Crippen LogP contribution in [0.3, 0.4) is 0 Å². The van der Waals surface area contributed by atoms with Crippen LogP contribution in [-0.2, 0) is 32.7 Å². The number of quaternary nitrogens is 1. The molecule has 0 aromatic rings. The molecule has 2 atom stereocenters. The maximum Gasteiger partial charge on any atom is 0.472 e. The zero-order chi connectivity index (χ0) is 64.1. The number of ether oxygens (including phenoxy) is 2. The molecule has 0 rings (SSSR count). The second kappa shape index (κ2) is 68.6. The van der Waals surface area contributed by atoms with Crippen LogP contribution in [0.1, 0.15) is 348 Å². The number of likely N-dealkylation sites (N-methyl/N-ethyl adjacent to an activating group) is 1. The van der Waals surface area contributed by atoms with Crippen molar-refractivity contribution >= 4 is 19.8 Å². The van der Waals surface area contributed by atoms with Crippen molar-refractivity contribution in [2.75, 3.05) is 47.5 Å². The number of esters is 2. The second-order valence-corrected chi connectivity index (χ2v) is 27.8. The van der Waals surface area contributed by atoms with E-state index in [4.69, 9.17) is 18.5 Å². The second-order valence-electron chi connectivity index (χ2n) is 26.3. The van der Waals surface area contributed by atoms with Crippen LogP contribution in [0.15, 0.2) is 85.1 Å². The normalized spacial score (nSPS) is 13.6. The van der Waals surface area contributed by atoms with Crippen LogP contribution < -0.4 is 0 Å². The third-order valence-corrected chi connectivity index (χ3v) is 17.4. The summed E-state index contributed by atoms with van der Waals surface area (Å²) in [6, 6.07) is 0. The molecule has 0 aromatic carbocycles. The fraction of sp³-hybridized carbons (Fsp3) is 0.795. The Balaban J connectivity index is 3.98. The standard InChI is InChI=1S/C78H142NO8P/c1-6-8-10-12-14-16-18-20-22-24-26-28-30-32-34-36-38-39-41-42-44-46-48-50-52-54-56-58-60-62-64-66-68-70-77(80)84-74-76(75-86-88(82,83)85-73-72-79(3,4)5)87-78(81)71-69-67-65-63-61-59-57-55-53-51-49-47-45-43-40-37-35-33-31-29-27-25-23-21-19-17-15-13-11-9-7-2/h9,11,15,17-18,20-21,23-24,26-27,29,33,35,76H,6-8,10,12-14,16,19,22,25,28,30-32,34,36-75H2,1-5H3/p+1/b11-9-,17-15-,20-18-,23-21-,26-24-,29-27-,35-33-. The van der Waals surface area contributed by atoms with Crippen molar-refractivity contribution in [3.63, 3.8) is 0 Å². The molecule has 0 saturated carbocycles. The Kier molecular flexibility index (Phi) is 66.4. The zero-order valence-electron chi connectivity index (χ0n) is 58.5. The average molecular weight is 1250 g/mol. The molecular weight excluding hydrogens is 1110 g/mol. The molecule has 0 aromatic heterocycles. The minimum atomic E-state index is -4.40. The third-order valence-electron chi connectivity index (χ3n) is 16.4. The highest BCUT2D eigenvalue weighted by Gasteiger charge is 2.27. The molecule has 0 fully saturated rings. The lowest BCUT2D eigenvalue weighted by atomic mass is 10.0. The Hall–Kier alpha value is -2.81. The smallest absolute Gasteiger partial charge is 0.462 e. The molecule has 0 aliphatic carbocycles. The zero-order valence-corrected chi connectivity index (χ0v) is 59.4. The first-order chi connectivity index (χ1) is 43.0. The van der Waals surface area contributed by atoms with Crippen LogP contribution in [0.5, 0.6) is 0 Å². The molecule has 2 unspecified atom stereocenters. The summed E-state index contributed by atoms with van der Waals surface area (Å²) < 4.78 is 34.8. The number of carbonyl (C=O) groups excluding carboxylic acids is 2. The van der Waals surface area contributed by atoms with Gasteiger partial charge in [0.1, 0.15) is 19.8 Å². The number of allylic oxidation sites excluding steroid dienone is 14. The minimum absolute atomic E-state index is 0.0312. The molecule has 0 saturated heterocycles. The average Bonchev–Trinajstić information content (AvgIpc) is 3.68. The molecule has 1 N–H and O–H groups in total. The summed E-state index contributed by atoms with van der Waals surface area (Å²) in [5, 5.41) is 0. The van der Waals surface area contributed by atoms with Crippen molar-refractivity contribution in [3.8, 4) is 0 Å². The van der Waals surface area contributed by atoms with E-state index in [1.165, 1.54) is 244 Å². The molecule has 0 bridgehead atoms. The Morgan fingerprint density at radius 1 is 0.364 bits per heavy atom. The summed E-state index contributed by atoms with van der Waals surface area (Å²) in [7, 11) is 1.49. The first-order valence-electron chi connectivity index (χ1n) is 37.3. The predicted octanol–water partition coefficient (Wildman–Crippen LogP) is 24.5. The molecule has 512 valence electrons. The van der Waals surface area contributed by atoms with Crippen molar-refractivity contribution in [1.82, 2.24) is 0 Å². The van der Waals surface area contributed by atoms with Gasteiger partial charge in [-0.2, -0.15) is 0 Å². The van der Waals surface area contributed by atoms with Gasteiger partial charge in [-0.1, -0.05) is 330 Å². The van der Waals surface area contributed by atoms with E-state index in [2.05, 4.69) is 98.9 Å². The van der Waals surface area contributed by atoms with Crippen molar-refractivity contribution in [2.45, 2.75) is 354 Å². The lowest BCUT2D eigenvalue weighted by Gasteiger charge is -2.24.